The first-order valence-electron chi connectivity index (χ1n) is 7.70. The van der Waals surface area contributed by atoms with E-state index >= 15 is 0 Å². The number of nitro groups is 1. The molecule has 7 nitrogen and oxygen atoms in total. The molecule has 0 atom stereocenters. The summed E-state index contributed by atoms with van der Waals surface area (Å²) in [4.78, 5) is 12.5. The number of methoxy groups -OCH3 is 1. The van der Waals surface area contributed by atoms with Crippen molar-refractivity contribution in [1.82, 2.24) is 0 Å². The van der Waals surface area contributed by atoms with Crippen molar-refractivity contribution in [3.05, 3.63) is 57.6 Å². The number of anilines is 1. The topological polar surface area (TPSA) is 89.8 Å². The summed E-state index contributed by atoms with van der Waals surface area (Å²) in [5.41, 5.74) is 2.06. The van der Waals surface area contributed by atoms with E-state index in [-0.39, 0.29) is 10.6 Å². The number of rotatable bonds is 4. The Labute approximate surface area is 145 Å². The van der Waals surface area contributed by atoms with Gasteiger partial charge >= 0.3 is 5.69 Å². The second kappa shape index (κ2) is 6.36. The van der Waals surface area contributed by atoms with E-state index in [0.29, 0.717) is 25.2 Å². The molecular formula is C17H18N2O5S. The van der Waals surface area contributed by atoms with Gasteiger partial charge in [-0.05, 0) is 30.2 Å². The van der Waals surface area contributed by atoms with Crippen LogP contribution < -0.4 is 9.64 Å². The molecule has 1 heterocycles. The molecule has 0 aliphatic carbocycles. The van der Waals surface area contributed by atoms with Gasteiger partial charge in [-0.25, -0.2) is 8.42 Å². The molecule has 0 amide bonds. The lowest BCUT2D eigenvalue weighted by atomic mass is 9.98. The smallest absolute Gasteiger partial charge is 0.311 e. The van der Waals surface area contributed by atoms with Gasteiger partial charge in [0, 0.05) is 24.9 Å². The fourth-order valence-corrected chi connectivity index (χ4v) is 4.08. The maximum Gasteiger partial charge on any atom is 0.311 e. The molecular weight excluding hydrogens is 344 g/mol. The van der Waals surface area contributed by atoms with Gasteiger partial charge in [0.25, 0.3) is 0 Å². The first-order valence-corrected chi connectivity index (χ1v) is 9.59. The molecule has 3 rings (SSSR count). The highest BCUT2D eigenvalue weighted by molar-refractivity contribution is 7.90. The van der Waals surface area contributed by atoms with Gasteiger partial charge in [-0.15, -0.1) is 0 Å². The number of para-hydroxylation sites is 1. The minimum Gasteiger partial charge on any atom is -0.496 e. The molecule has 2 aromatic carbocycles. The van der Waals surface area contributed by atoms with Crippen LogP contribution in [0.2, 0.25) is 0 Å². The summed E-state index contributed by atoms with van der Waals surface area (Å²) < 4.78 is 29.2. The molecule has 0 spiro atoms. The van der Waals surface area contributed by atoms with Crippen molar-refractivity contribution < 1.29 is 18.1 Å². The van der Waals surface area contributed by atoms with E-state index in [1.807, 2.05) is 23.1 Å². The van der Waals surface area contributed by atoms with Crippen molar-refractivity contribution in [3.63, 3.8) is 0 Å². The third kappa shape index (κ3) is 3.17. The first-order chi connectivity index (χ1) is 11.8. The normalized spacial score (nSPS) is 14.1. The number of hydrogen-bond donors (Lipinski definition) is 0. The van der Waals surface area contributed by atoms with Gasteiger partial charge in [0.1, 0.15) is 16.3 Å². The molecule has 0 bridgehead atoms. The molecule has 25 heavy (non-hydrogen) atoms. The average molecular weight is 362 g/mol. The van der Waals surface area contributed by atoms with Crippen LogP contribution in [-0.2, 0) is 22.8 Å². The van der Waals surface area contributed by atoms with Crippen LogP contribution in [0, 0.1) is 10.1 Å². The van der Waals surface area contributed by atoms with Crippen molar-refractivity contribution in [2.24, 2.45) is 0 Å². The zero-order valence-corrected chi connectivity index (χ0v) is 14.7. The molecule has 0 unspecified atom stereocenters. The minimum atomic E-state index is -3.70. The molecule has 0 fully saturated rings. The van der Waals surface area contributed by atoms with Crippen molar-refractivity contribution in [3.8, 4) is 5.75 Å². The van der Waals surface area contributed by atoms with Crippen molar-refractivity contribution in [2.45, 2.75) is 17.9 Å². The molecule has 132 valence electrons. The Balaban J connectivity index is 2.08. The average Bonchev–Trinajstić information content (AvgIpc) is 2.59. The van der Waals surface area contributed by atoms with Crippen LogP contribution in [0.4, 0.5) is 11.4 Å². The zero-order valence-electron chi connectivity index (χ0n) is 13.9. The summed E-state index contributed by atoms with van der Waals surface area (Å²) in [6.45, 7) is 1.00. The quantitative estimate of drug-likeness (QED) is 0.613. The SMILES string of the molecule is COc1cccc2c1CCN(c1cccc(S(C)(=O)=O)c1[N+](=O)[O-])C2. The lowest BCUT2D eigenvalue weighted by Gasteiger charge is -2.31. The van der Waals surface area contributed by atoms with Crippen LogP contribution in [0.3, 0.4) is 0 Å². The lowest BCUT2D eigenvalue weighted by molar-refractivity contribution is -0.387. The molecule has 1 aliphatic heterocycles. The van der Waals surface area contributed by atoms with Crippen molar-refractivity contribution in [2.75, 3.05) is 24.8 Å². The van der Waals surface area contributed by atoms with Crippen LogP contribution in [-0.4, -0.2) is 33.3 Å². The number of nitrogens with zero attached hydrogens (tertiary/aromatic N) is 2. The minimum absolute atomic E-state index is 0.258. The monoisotopic (exact) mass is 362 g/mol. The van der Waals surface area contributed by atoms with Gasteiger partial charge in [0.2, 0.25) is 0 Å². The second-order valence-electron chi connectivity index (χ2n) is 5.92. The molecule has 0 aromatic heterocycles. The molecule has 8 heteroatoms. The number of ether oxygens (including phenoxy) is 1. The van der Waals surface area contributed by atoms with E-state index in [2.05, 4.69) is 0 Å². The van der Waals surface area contributed by atoms with E-state index in [1.54, 1.807) is 19.2 Å². The van der Waals surface area contributed by atoms with E-state index in [4.69, 9.17) is 4.74 Å². The molecule has 0 saturated carbocycles. The van der Waals surface area contributed by atoms with Gasteiger partial charge in [-0.3, -0.25) is 10.1 Å². The van der Waals surface area contributed by atoms with E-state index < -0.39 is 14.8 Å². The predicted molar refractivity (Wildman–Crippen MR) is 94.0 cm³/mol. The maximum absolute atomic E-state index is 11.9. The van der Waals surface area contributed by atoms with Crippen LogP contribution >= 0.6 is 0 Å². The Morgan fingerprint density at radius 2 is 1.92 bits per heavy atom. The van der Waals surface area contributed by atoms with Gasteiger partial charge in [0.15, 0.2) is 9.84 Å². The van der Waals surface area contributed by atoms with Crippen LogP contribution in [0.25, 0.3) is 0 Å². The number of hydrogen-bond acceptors (Lipinski definition) is 6. The van der Waals surface area contributed by atoms with Gasteiger partial charge in [-0.2, -0.15) is 0 Å². The van der Waals surface area contributed by atoms with E-state index in [1.165, 1.54) is 6.07 Å². The van der Waals surface area contributed by atoms with E-state index in [9.17, 15) is 18.5 Å². The fourth-order valence-electron chi connectivity index (χ4n) is 3.22. The van der Waals surface area contributed by atoms with Crippen LogP contribution in [0.1, 0.15) is 11.1 Å². The van der Waals surface area contributed by atoms with Crippen molar-refractivity contribution >= 4 is 21.2 Å². The number of sulfone groups is 1. The number of nitro benzene ring substituents is 1. The summed E-state index contributed by atoms with van der Waals surface area (Å²) in [5, 5.41) is 11.6. The van der Waals surface area contributed by atoms with Crippen molar-refractivity contribution in [1.29, 1.82) is 0 Å². The highest BCUT2D eigenvalue weighted by Crippen LogP contribution is 2.38. The standard InChI is InChI=1S/C17H18N2O5S/c1-24-15-7-3-5-12-11-18(10-9-13(12)15)14-6-4-8-16(25(2,22)23)17(14)19(20)21/h3-8H,9-11H2,1-2H3. The maximum atomic E-state index is 11.9. The number of benzene rings is 2. The lowest BCUT2D eigenvalue weighted by Crippen LogP contribution is -2.31. The largest absolute Gasteiger partial charge is 0.496 e. The van der Waals surface area contributed by atoms with Gasteiger partial charge < -0.3 is 9.64 Å². The summed E-state index contributed by atoms with van der Waals surface area (Å²) >= 11 is 0. The van der Waals surface area contributed by atoms with E-state index in [0.717, 1.165) is 23.1 Å². The zero-order chi connectivity index (χ0) is 18.2. The Hall–Kier alpha value is -2.61. The summed E-state index contributed by atoms with van der Waals surface area (Å²) in [6.07, 6.45) is 1.65. The highest BCUT2D eigenvalue weighted by Gasteiger charge is 2.30. The van der Waals surface area contributed by atoms with Gasteiger partial charge in [0.05, 0.1) is 12.0 Å². The molecule has 0 saturated heterocycles. The molecule has 0 radical (unpaired) electrons. The molecule has 1 aliphatic rings. The predicted octanol–water partition coefficient (Wildman–Crippen LogP) is 2.57. The Morgan fingerprint density at radius 3 is 2.56 bits per heavy atom. The van der Waals surface area contributed by atoms with Crippen LogP contribution in [0.5, 0.6) is 5.75 Å². The Kier molecular flexibility index (Phi) is 4.38. The number of fused-ring (bicyclic) bond motifs is 1. The highest BCUT2D eigenvalue weighted by atomic mass is 32.2. The fraction of sp³-hybridized carbons (Fsp3) is 0.294. The second-order valence-corrected chi connectivity index (χ2v) is 7.91. The Morgan fingerprint density at radius 1 is 1.20 bits per heavy atom. The molecule has 0 N–H and O–H groups in total. The summed E-state index contributed by atoms with van der Waals surface area (Å²) in [5.74, 6) is 0.802. The third-order valence-corrected chi connectivity index (χ3v) is 5.47. The Bertz CT molecular complexity index is 940. The van der Waals surface area contributed by atoms with Gasteiger partial charge in [-0.1, -0.05) is 18.2 Å². The summed E-state index contributed by atoms with van der Waals surface area (Å²) in [6, 6.07) is 10.1. The first kappa shape index (κ1) is 17.2. The van der Waals surface area contributed by atoms with Crippen LogP contribution in [0.15, 0.2) is 41.3 Å². The summed E-state index contributed by atoms with van der Waals surface area (Å²) in [7, 11) is -2.09. The molecule has 2 aromatic rings. The third-order valence-electron chi connectivity index (χ3n) is 4.34.